The summed E-state index contributed by atoms with van der Waals surface area (Å²) < 4.78 is 79.8. The second-order valence-electron chi connectivity index (χ2n) is 8.47. The van der Waals surface area contributed by atoms with E-state index in [-0.39, 0.29) is 5.75 Å². The summed E-state index contributed by atoms with van der Waals surface area (Å²) in [5, 5.41) is 1.46. The van der Waals surface area contributed by atoms with Crippen molar-refractivity contribution in [3.63, 3.8) is 0 Å². The number of nitrogens with one attached hydrogen (secondary N) is 1. The Bertz CT molecular complexity index is 1560. The van der Waals surface area contributed by atoms with Gasteiger partial charge in [-0.3, -0.25) is 9.78 Å². The van der Waals surface area contributed by atoms with Gasteiger partial charge in [0.05, 0.1) is 46.7 Å². The number of carbonyl (C=O) groups is 1. The zero-order chi connectivity index (χ0) is 27.7. The van der Waals surface area contributed by atoms with Gasteiger partial charge < -0.3 is 19.7 Å². The van der Waals surface area contributed by atoms with E-state index in [2.05, 4.69) is 15.3 Å². The Kier molecular flexibility index (Phi) is 7.23. The minimum absolute atomic E-state index is 0.159. The van der Waals surface area contributed by atoms with Gasteiger partial charge >= 0.3 is 6.18 Å². The predicted molar refractivity (Wildman–Crippen MR) is 133 cm³/mol. The van der Waals surface area contributed by atoms with Crippen molar-refractivity contribution in [2.45, 2.75) is 6.18 Å². The number of benzene rings is 3. The molecular weight excluding hydrogens is 547 g/mol. The summed E-state index contributed by atoms with van der Waals surface area (Å²) >= 11 is 5.56. The van der Waals surface area contributed by atoms with E-state index < -0.39 is 51.3 Å². The van der Waals surface area contributed by atoms with Crippen LogP contribution in [0.2, 0.25) is 5.02 Å². The molecule has 1 amide bonds. The Balaban J connectivity index is 1.35. The van der Waals surface area contributed by atoms with Crippen molar-refractivity contribution in [1.82, 2.24) is 9.97 Å². The Morgan fingerprint density at radius 3 is 2.51 bits per heavy atom. The molecule has 0 atom stereocenters. The van der Waals surface area contributed by atoms with Crippen LogP contribution in [0.25, 0.3) is 11.0 Å². The van der Waals surface area contributed by atoms with E-state index in [0.29, 0.717) is 49.2 Å². The molecule has 13 heteroatoms. The lowest BCUT2D eigenvalue weighted by atomic mass is 10.1. The van der Waals surface area contributed by atoms with E-state index in [0.717, 1.165) is 24.3 Å². The molecule has 3 aromatic carbocycles. The quantitative estimate of drug-likeness (QED) is 0.280. The third-order valence-corrected chi connectivity index (χ3v) is 6.22. The number of hydrogen-bond acceptors (Lipinski definition) is 6. The normalized spacial score (nSPS) is 13.9. The Morgan fingerprint density at radius 2 is 1.77 bits per heavy atom. The highest BCUT2D eigenvalue weighted by atomic mass is 35.5. The third kappa shape index (κ3) is 5.71. The maximum atomic E-state index is 14.8. The summed E-state index contributed by atoms with van der Waals surface area (Å²) in [5.41, 5.74) is -1.22. The first-order chi connectivity index (χ1) is 18.6. The number of alkyl halides is 3. The van der Waals surface area contributed by atoms with Gasteiger partial charge in [-0.25, -0.2) is 9.37 Å². The number of aromatic nitrogens is 2. The lowest BCUT2D eigenvalue weighted by Gasteiger charge is -2.27. The second-order valence-corrected chi connectivity index (χ2v) is 8.87. The van der Waals surface area contributed by atoms with Crippen molar-refractivity contribution in [3.8, 4) is 11.5 Å². The first-order valence-electron chi connectivity index (χ1n) is 11.5. The van der Waals surface area contributed by atoms with Crippen molar-refractivity contribution in [3.05, 3.63) is 82.5 Å². The monoisotopic (exact) mass is 564 g/mol. The number of fused-ring (bicyclic) bond motifs is 1. The van der Waals surface area contributed by atoms with Gasteiger partial charge in [-0.15, -0.1) is 0 Å². The zero-order valence-corrected chi connectivity index (χ0v) is 20.6. The Labute approximate surface area is 223 Å². The topological polar surface area (TPSA) is 76.6 Å². The number of rotatable bonds is 5. The third-order valence-electron chi connectivity index (χ3n) is 5.89. The highest BCUT2D eigenvalue weighted by Gasteiger charge is 2.34. The van der Waals surface area contributed by atoms with Crippen molar-refractivity contribution < 1.29 is 36.2 Å². The van der Waals surface area contributed by atoms with Gasteiger partial charge in [0.15, 0.2) is 11.6 Å². The van der Waals surface area contributed by atoms with Gasteiger partial charge in [0.25, 0.3) is 5.91 Å². The minimum Gasteiger partial charge on any atom is -0.454 e. The highest BCUT2D eigenvalue weighted by molar-refractivity contribution is 6.31. The van der Waals surface area contributed by atoms with Crippen LogP contribution in [0.15, 0.2) is 54.7 Å². The van der Waals surface area contributed by atoms with Gasteiger partial charge in [-0.05, 0) is 42.5 Å². The van der Waals surface area contributed by atoms with Crippen LogP contribution in [0, 0.1) is 11.6 Å². The Hall–Kier alpha value is -4.03. The van der Waals surface area contributed by atoms with Gasteiger partial charge in [0, 0.05) is 24.7 Å². The van der Waals surface area contributed by atoms with E-state index in [1.807, 2.05) is 4.90 Å². The molecule has 0 unspecified atom stereocenters. The number of morpholine rings is 1. The van der Waals surface area contributed by atoms with Gasteiger partial charge in [0.1, 0.15) is 11.6 Å². The maximum absolute atomic E-state index is 14.8. The highest BCUT2D eigenvalue weighted by Crippen LogP contribution is 2.36. The SMILES string of the molecule is O=C(Nc1ccc(Oc2ccc3ncc(N4CCOCC4)nc3c2)c(F)c1F)c1ccc(Cl)c(C(F)(F)F)c1. The molecule has 1 fully saturated rings. The number of anilines is 2. The molecule has 202 valence electrons. The van der Waals surface area contributed by atoms with E-state index in [1.165, 1.54) is 12.1 Å². The minimum atomic E-state index is -4.80. The summed E-state index contributed by atoms with van der Waals surface area (Å²) in [5.74, 6) is -3.63. The van der Waals surface area contributed by atoms with Gasteiger partial charge in [-0.1, -0.05) is 11.6 Å². The zero-order valence-electron chi connectivity index (χ0n) is 19.9. The van der Waals surface area contributed by atoms with E-state index in [9.17, 15) is 26.7 Å². The van der Waals surface area contributed by atoms with Crippen LogP contribution in [0.5, 0.6) is 11.5 Å². The summed E-state index contributed by atoms with van der Waals surface area (Å²) in [6.07, 6.45) is -3.16. The lowest BCUT2D eigenvalue weighted by Crippen LogP contribution is -2.36. The molecule has 0 spiro atoms. The fourth-order valence-corrected chi connectivity index (χ4v) is 4.13. The molecule has 1 aromatic heterocycles. The largest absolute Gasteiger partial charge is 0.454 e. The van der Waals surface area contributed by atoms with Crippen molar-refractivity contribution in [2.24, 2.45) is 0 Å². The molecule has 0 aliphatic carbocycles. The van der Waals surface area contributed by atoms with Crippen molar-refractivity contribution >= 4 is 40.0 Å². The molecule has 1 saturated heterocycles. The fourth-order valence-electron chi connectivity index (χ4n) is 3.90. The number of halogens is 6. The summed E-state index contributed by atoms with van der Waals surface area (Å²) in [7, 11) is 0. The predicted octanol–water partition coefficient (Wildman–Crippen LogP) is 6.46. The first-order valence-corrected chi connectivity index (χ1v) is 11.9. The van der Waals surface area contributed by atoms with Crippen LogP contribution in [0.3, 0.4) is 0 Å². The molecule has 1 N–H and O–H groups in total. The lowest BCUT2D eigenvalue weighted by molar-refractivity contribution is -0.137. The van der Waals surface area contributed by atoms with Gasteiger partial charge in [0.2, 0.25) is 5.82 Å². The van der Waals surface area contributed by atoms with Crippen LogP contribution < -0.4 is 15.0 Å². The average molecular weight is 565 g/mol. The van der Waals surface area contributed by atoms with Crippen LogP contribution in [-0.2, 0) is 10.9 Å². The van der Waals surface area contributed by atoms with E-state index in [4.69, 9.17) is 21.1 Å². The number of nitrogens with zero attached hydrogens (tertiary/aromatic N) is 3. The first kappa shape index (κ1) is 26.6. The van der Waals surface area contributed by atoms with Crippen molar-refractivity contribution in [1.29, 1.82) is 0 Å². The molecule has 2 heterocycles. The molecular formula is C26H18ClF5N4O3. The number of amides is 1. The molecule has 0 radical (unpaired) electrons. The molecule has 39 heavy (non-hydrogen) atoms. The van der Waals surface area contributed by atoms with Crippen LogP contribution in [0.1, 0.15) is 15.9 Å². The Morgan fingerprint density at radius 1 is 1.00 bits per heavy atom. The number of ether oxygens (including phenoxy) is 2. The van der Waals surface area contributed by atoms with Crippen molar-refractivity contribution in [2.75, 3.05) is 36.5 Å². The summed E-state index contributed by atoms with van der Waals surface area (Å²) in [6, 6.07) is 9.22. The average Bonchev–Trinajstić information content (AvgIpc) is 2.92. The molecule has 7 nitrogen and oxygen atoms in total. The molecule has 1 aliphatic heterocycles. The number of hydrogen-bond donors (Lipinski definition) is 1. The smallest absolute Gasteiger partial charge is 0.417 e. The number of carbonyl (C=O) groups excluding carboxylic acids is 1. The maximum Gasteiger partial charge on any atom is 0.417 e. The van der Waals surface area contributed by atoms with Gasteiger partial charge in [-0.2, -0.15) is 17.6 Å². The fraction of sp³-hybridized carbons (Fsp3) is 0.192. The van der Waals surface area contributed by atoms with Crippen LogP contribution in [-0.4, -0.2) is 42.2 Å². The standard InChI is InChI=1S/C26H18ClF5N4O3/c27-17-3-1-14(11-16(17)26(30,31)32)25(37)35-19-5-6-21(24(29)23(19)28)39-15-2-4-18-20(12-15)34-22(13-33-18)36-7-9-38-10-8-36/h1-6,11-13H,7-10H2,(H,35,37). The molecule has 4 aromatic rings. The van der Waals surface area contributed by atoms with E-state index in [1.54, 1.807) is 12.3 Å². The second kappa shape index (κ2) is 10.6. The molecule has 0 saturated carbocycles. The summed E-state index contributed by atoms with van der Waals surface area (Å²) in [6.45, 7) is 2.45. The molecule has 1 aliphatic rings. The van der Waals surface area contributed by atoms with Crippen LogP contribution >= 0.6 is 11.6 Å². The summed E-state index contributed by atoms with van der Waals surface area (Å²) in [4.78, 5) is 23.4. The molecule has 0 bridgehead atoms. The van der Waals surface area contributed by atoms with E-state index >= 15 is 0 Å². The molecule has 5 rings (SSSR count). The van der Waals surface area contributed by atoms with Crippen LogP contribution in [0.4, 0.5) is 33.5 Å².